The maximum absolute atomic E-state index is 9.58. The Kier molecular flexibility index (Phi) is 2.99. The third-order valence-corrected chi connectivity index (χ3v) is 2.99. The van der Waals surface area contributed by atoms with Crippen molar-refractivity contribution >= 4 is 10.9 Å². The zero-order chi connectivity index (χ0) is 11.7. The van der Waals surface area contributed by atoms with Crippen molar-refractivity contribution in [2.75, 3.05) is 6.54 Å². The number of aliphatic hydroxyl groups excluding tert-OH is 1. The van der Waals surface area contributed by atoms with E-state index in [1.54, 1.807) is 6.92 Å². The second-order valence-corrected chi connectivity index (χ2v) is 4.26. The van der Waals surface area contributed by atoms with Crippen LogP contribution in [0.3, 0.4) is 0 Å². The second kappa shape index (κ2) is 4.28. The van der Waals surface area contributed by atoms with Crippen molar-refractivity contribution in [3.63, 3.8) is 0 Å². The summed E-state index contributed by atoms with van der Waals surface area (Å²) in [6.07, 6.45) is 2.57. The van der Waals surface area contributed by atoms with E-state index in [0.29, 0.717) is 6.54 Å². The molecule has 16 heavy (non-hydrogen) atoms. The lowest BCUT2D eigenvalue weighted by Gasteiger charge is -2.05. The molecule has 0 amide bonds. The van der Waals surface area contributed by atoms with Crippen molar-refractivity contribution in [3.05, 3.63) is 35.5 Å². The van der Waals surface area contributed by atoms with Gasteiger partial charge in [-0.05, 0) is 43.1 Å². The lowest BCUT2D eigenvalue weighted by Crippen LogP contribution is -2.02. The van der Waals surface area contributed by atoms with Crippen LogP contribution in [0.25, 0.3) is 10.9 Å². The van der Waals surface area contributed by atoms with Gasteiger partial charge >= 0.3 is 0 Å². The van der Waals surface area contributed by atoms with Crippen LogP contribution in [0.1, 0.15) is 24.2 Å². The van der Waals surface area contributed by atoms with Crippen LogP contribution >= 0.6 is 0 Å². The van der Waals surface area contributed by atoms with Crippen molar-refractivity contribution in [1.82, 2.24) is 4.57 Å². The molecule has 3 nitrogen and oxygen atoms in total. The van der Waals surface area contributed by atoms with Gasteiger partial charge in [0.15, 0.2) is 0 Å². The molecule has 1 unspecified atom stereocenters. The Morgan fingerprint density at radius 3 is 2.81 bits per heavy atom. The lowest BCUT2D eigenvalue weighted by atomic mass is 10.0. The quantitative estimate of drug-likeness (QED) is 0.824. The van der Waals surface area contributed by atoms with E-state index in [1.807, 2.05) is 13.1 Å². The van der Waals surface area contributed by atoms with Crippen molar-refractivity contribution in [1.29, 1.82) is 0 Å². The topological polar surface area (TPSA) is 51.2 Å². The molecule has 0 saturated carbocycles. The van der Waals surface area contributed by atoms with E-state index in [0.717, 1.165) is 12.0 Å². The Balaban J connectivity index is 2.60. The van der Waals surface area contributed by atoms with E-state index < -0.39 is 6.10 Å². The third kappa shape index (κ3) is 1.84. The van der Waals surface area contributed by atoms with Gasteiger partial charge in [-0.1, -0.05) is 6.07 Å². The van der Waals surface area contributed by atoms with Crippen LogP contribution in [-0.2, 0) is 13.5 Å². The summed E-state index contributed by atoms with van der Waals surface area (Å²) < 4.78 is 2.10. The van der Waals surface area contributed by atoms with Crippen molar-refractivity contribution in [3.8, 4) is 0 Å². The van der Waals surface area contributed by atoms with Gasteiger partial charge in [0.1, 0.15) is 0 Å². The molecule has 1 aromatic heterocycles. The van der Waals surface area contributed by atoms with Gasteiger partial charge < -0.3 is 15.4 Å². The predicted molar refractivity (Wildman–Crippen MR) is 66.3 cm³/mol. The summed E-state index contributed by atoms with van der Waals surface area (Å²) in [5, 5.41) is 10.8. The van der Waals surface area contributed by atoms with Gasteiger partial charge in [-0.3, -0.25) is 0 Å². The summed E-state index contributed by atoms with van der Waals surface area (Å²) in [4.78, 5) is 0. The fourth-order valence-electron chi connectivity index (χ4n) is 2.11. The van der Waals surface area contributed by atoms with Crippen LogP contribution < -0.4 is 5.73 Å². The van der Waals surface area contributed by atoms with E-state index in [1.165, 1.54) is 16.5 Å². The average molecular weight is 218 g/mol. The molecule has 0 aliphatic carbocycles. The Hall–Kier alpha value is -1.32. The Morgan fingerprint density at radius 1 is 1.44 bits per heavy atom. The number of aromatic nitrogens is 1. The Labute approximate surface area is 95.5 Å². The number of aliphatic hydroxyl groups is 1. The maximum atomic E-state index is 9.58. The van der Waals surface area contributed by atoms with Crippen LogP contribution in [0, 0.1) is 0 Å². The molecule has 86 valence electrons. The van der Waals surface area contributed by atoms with Gasteiger partial charge in [0.25, 0.3) is 0 Å². The zero-order valence-corrected chi connectivity index (χ0v) is 9.77. The SMILES string of the molecule is CC(O)c1ccc2c(c1)c(CCN)cn2C. The highest BCUT2D eigenvalue weighted by Gasteiger charge is 2.08. The first kappa shape index (κ1) is 11.2. The number of fused-ring (bicyclic) bond motifs is 1. The number of nitrogens with zero attached hydrogens (tertiary/aromatic N) is 1. The van der Waals surface area contributed by atoms with Crippen molar-refractivity contribution < 1.29 is 5.11 Å². The minimum absolute atomic E-state index is 0.421. The molecule has 2 rings (SSSR count). The number of hydrogen-bond acceptors (Lipinski definition) is 2. The van der Waals surface area contributed by atoms with Gasteiger partial charge in [-0.25, -0.2) is 0 Å². The van der Waals surface area contributed by atoms with Gasteiger partial charge in [-0.2, -0.15) is 0 Å². The summed E-state index contributed by atoms with van der Waals surface area (Å²) in [6.45, 7) is 2.44. The van der Waals surface area contributed by atoms with Gasteiger partial charge in [0, 0.05) is 24.1 Å². The highest BCUT2D eigenvalue weighted by atomic mass is 16.3. The fourth-order valence-corrected chi connectivity index (χ4v) is 2.11. The summed E-state index contributed by atoms with van der Waals surface area (Å²) in [6, 6.07) is 6.08. The molecular formula is C13H18N2O. The molecule has 0 spiro atoms. The van der Waals surface area contributed by atoms with E-state index >= 15 is 0 Å². The highest BCUT2D eigenvalue weighted by molar-refractivity contribution is 5.84. The Bertz CT molecular complexity index is 500. The second-order valence-electron chi connectivity index (χ2n) is 4.26. The number of nitrogens with two attached hydrogens (primary N) is 1. The first-order chi connectivity index (χ1) is 7.63. The molecule has 0 radical (unpaired) electrons. The summed E-state index contributed by atoms with van der Waals surface area (Å²) in [5.41, 5.74) is 9.00. The fraction of sp³-hybridized carbons (Fsp3) is 0.385. The molecule has 0 saturated heterocycles. The highest BCUT2D eigenvalue weighted by Crippen LogP contribution is 2.24. The molecule has 0 aliphatic rings. The monoisotopic (exact) mass is 218 g/mol. The number of benzene rings is 1. The van der Waals surface area contributed by atoms with Crippen LogP contribution in [0.5, 0.6) is 0 Å². The molecule has 1 aromatic carbocycles. The molecule has 0 bridgehead atoms. The normalized spacial score (nSPS) is 13.2. The van der Waals surface area contributed by atoms with E-state index in [9.17, 15) is 5.11 Å². The van der Waals surface area contributed by atoms with Crippen LogP contribution in [0.15, 0.2) is 24.4 Å². The van der Waals surface area contributed by atoms with Crippen LogP contribution in [0.2, 0.25) is 0 Å². The summed E-state index contributed by atoms with van der Waals surface area (Å²) in [5.74, 6) is 0. The molecule has 0 aliphatic heterocycles. The molecule has 1 heterocycles. The maximum Gasteiger partial charge on any atom is 0.0762 e. The summed E-state index contributed by atoms with van der Waals surface area (Å²) >= 11 is 0. The molecule has 3 heteroatoms. The standard InChI is InChI=1S/C13H18N2O/c1-9(16)10-3-4-13-12(7-10)11(5-6-14)8-15(13)2/h3-4,7-9,16H,5-6,14H2,1-2H3. The number of rotatable bonds is 3. The smallest absolute Gasteiger partial charge is 0.0762 e. The van der Waals surface area contributed by atoms with Crippen LogP contribution in [-0.4, -0.2) is 16.2 Å². The van der Waals surface area contributed by atoms with E-state index in [-0.39, 0.29) is 0 Å². The van der Waals surface area contributed by atoms with Gasteiger partial charge in [0.2, 0.25) is 0 Å². The van der Waals surface area contributed by atoms with Crippen molar-refractivity contribution in [2.45, 2.75) is 19.4 Å². The van der Waals surface area contributed by atoms with Gasteiger partial charge in [0.05, 0.1) is 6.10 Å². The largest absolute Gasteiger partial charge is 0.389 e. The number of aryl methyl sites for hydroxylation is 1. The third-order valence-electron chi connectivity index (χ3n) is 2.99. The average Bonchev–Trinajstić information content (AvgIpc) is 2.56. The Morgan fingerprint density at radius 2 is 2.19 bits per heavy atom. The minimum Gasteiger partial charge on any atom is -0.389 e. The van der Waals surface area contributed by atoms with E-state index in [4.69, 9.17) is 5.73 Å². The molecule has 0 fully saturated rings. The molecule has 2 aromatic rings. The first-order valence-electron chi connectivity index (χ1n) is 5.59. The van der Waals surface area contributed by atoms with Crippen LogP contribution in [0.4, 0.5) is 0 Å². The molecular weight excluding hydrogens is 200 g/mol. The number of hydrogen-bond donors (Lipinski definition) is 2. The zero-order valence-electron chi connectivity index (χ0n) is 9.77. The predicted octanol–water partition coefficient (Wildman–Crippen LogP) is 1.73. The summed E-state index contributed by atoms with van der Waals surface area (Å²) in [7, 11) is 2.03. The first-order valence-corrected chi connectivity index (χ1v) is 5.59. The molecule has 1 atom stereocenters. The van der Waals surface area contributed by atoms with Gasteiger partial charge in [-0.15, -0.1) is 0 Å². The molecule has 3 N–H and O–H groups in total. The van der Waals surface area contributed by atoms with Crippen molar-refractivity contribution in [2.24, 2.45) is 12.8 Å². The lowest BCUT2D eigenvalue weighted by molar-refractivity contribution is 0.199. The minimum atomic E-state index is -0.421. The van der Waals surface area contributed by atoms with E-state index in [2.05, 4.69) is 22.9 Å².